The van der Waals surface area contributed by atoms with Crippen LogP contribution in [0.5, 0.6) is 5.75 Å². The predicted molar refractivity (Wildman–Crippen MR) is 81.7 cm³/mol. The Bertz CT molecular complexity index is 759. The van der Waals surface area contributed by atoms with Gasteiger partial charge in [-0.3, -0.25) is 4.68 Å². The lowest BCUT2D eigenvalue weighted by Gasteiger charge is -2.00. The van der Waals surface area contributed by atoms with Crippen molar-refractivity contribution in [1.82, 2.24) is 19.9 Å². The Hall–Kier alpha value is -2.63. The predicted octanol–water partition coefficient (Wildman–Crippen LogP) is 2.80. The normalized spacial score (nSPS) is 10.9. The number of rotatable bonds is 5. The fourth-order valence-electron chi connectivity index (χ4n) is 2.32. The van der Waals surface area contributed by atoms with Crippen LogP contribution >= 0.6 is 0 Å². The highest BCUT2D eigenvalue weighted by Gasteiger charge is 2.10. The smallest absolute Gasteiger partial charge is 0.228 e. The summed E-state index contributed by atoms with van der Waals surface area (Å²) in [5.74, 6) is 2.00. The van der Waals surface area contributed by atoms with Crippen molar-refractivity contribution in [1.29, 1.82) is 0 Å². The monoisotopic (exact) mass is 298 g/mol. The van der Waals surface area contributed by atoms with Gasteiger partial charge in [0.25, 0.3) is 0 Å². The summed E-state index contributed by atoms with van der Waals surface area (Å²) in [4.78, 5) is 4.43. The molecule has 0 fully saturated rings. The van der Waals surface area contributed by atoms with Gasteiger partial charge in [0.2, 0.25) is 11.7 Å². The lowest BCUT2D eigenvalue weighted by Crippen LogP contribution is -2.05. The molecule has 0 bridgehead atoms. The van der Waals surface area contributed by atoms with Crippen molar-refractivity contribution in [3.63, 3.8) is 0 Å². The van der Waals surface area contributed by atoms with Gasteiger partial charge >= 0.3 is 0 Å². The minimum Gasteiger partial charge on any atom is -0.497 e. The number of hydrogen-bond donors (Lipinski definition) is 0. The van der Waals surface area contributed by atoms with Crippen molar-refractivity contribution in [3.8, 4) is 17.1 Å². The molecule has 6 heteroatoms. The first-order valence-electron chi connectivity index (χ1n) is 7.14. The van der Waals surface area contributed by atoms with Gasteiger partial charge < -0.3 is 9.26 Å². The molecule has 0 unspecified atom stereocenters. The zero-order valence-corrected chi connectivity index (χ0v) is 12.9. The second kappa shape index (κ2) is 6.01. The maximum absolute atomic E-state index is 5.31. The van der Waals surface area contributed by atoms with Crippen LogP contribution in [0.1, 0.15) is 17.3 Å². The zero-order valence-electron chi connectivity index (χ0n) is 12.9. The number of aryl methyl sites for hydroxylation is 4. The van der Waals surface area contributed by atoms with Crippen LogP contribution in [0.15, 0.2) is 34.9 Å². The van der Waals surface area contributed by atoms with E-state index in [2.05, 4.69) is 21.3 Å². The first-order valence-corrected chi connectivity index (χ1v) is 7.14. The van der Waals surface area contributed by atoms with E-state index in [1.54, 1.807) is 7.11 Å². The molecule has 0 aliphatic carbocycles. The second-order valence-corrected chi connectivity index (χ2v) is 5.14. The molecular formula is C16H18N4O2. The van der Waals surface area contributed by atoms with Gasteiger partial charge in [-0.1, -0.05) is 5.16 Å². The third kappa shape index (κ3) is 3.00. The summed E-state index contributed by atoms with van der Waals surface area (Å²) in [5, 5.41) is 8.45. The quantitative estimate of drug-likeness (QED) is 0.724. The van der Waals surface area contributed by atoms with Crippen LogP contribution in [0, 0.1) is 13.8 Å². The summed E-state index contributed by atoms with van der Waals surface area (Å²) in [6.07, 6.45) is 0.658. The molecule has 114 valence electrons. The van der Waals surface area contributed by atoms with Crippen molar-refractivity contribution in [2.75, 3.05) is 7.11 Å². The Balaban J connectivity index is 1.69. The van der Waals surface area contributed by atoms with Crippen LogP contribution in [0.3, 0.4) is 0 Å². The SMILES string of the molecule is COc1ccc(-c2noc(CCn3nc(C)cc3C)n2)cc1. The summed E-state index contributed by atoms with van der Waals surface area (Å²) in [7, 11) is 1.64. The van der Waals surface area contributed by atoms with Gasteiger partial charge in [-0.2, -0.15) is 10.1 Å². The topological polar surface area (TPSA) is 66.0 Å². The molecule has 6 nitrogen and oxygen atoms in total. The third-order valence-electron chi connectivity index (χ3n) is 3.46. The minimum absolute atomic E-state index is 0.589. The maximum Gasteiger partial charge on any atom is 0.228 e. The van der Waals surface area contributed by atoms with E-state index in [9.17, 15) is 0 Å². The number of benzene rings is 1. The molecule has 0 saturated heterocycles. The van der Waals surface area contributed by atoms with E-state index in [0.717, 1.165) is 29.2 Å². The molecule has 0 spiro atoms. The molecular weight excluding hydrogens is 280 g/mol. The van der Waals surface area contributed by atoms with Crippen molar-refractivity contribution in [3.05, 3.63) is 47.6 Å². The van der Waals surface area contributed by atoms with Crippen molar-refractivity contribution in [2.45, 2.75) is 26.8 Å². The fraction of sp³-hybridized carbons (Fsp3) is 0.312. The van der Waals surface area contributed by atoms with Crippen molar-refractivity contribution < 1.29 is 9.26 Å². The molecule has 0 N–H and O–H groups in total. The fourth-order valence-corrected chi connectivity index (χ4v) is 2.32. The standard InChI is InChI=1S/C16H18N4O2/c1-11-10-12(2)20(18-11)9-8-15-17-16(19-22-15)13-4-6-14(21-3)7-5-13/h4-7,10H,8-9H2,1-3H3. The average Bonchev–Trinajstić information content (AvgIpc) is 3.12. The highest BCUT2D eigenvalue weighted by Crippen LogP contribution is 2.19. The zero-order chi connectivity index (χ0) is 15.5. The molecule has 0 saturated carbocycles. The van der Waals surface area contributed by atoms with Crippen molar-refractivity contribution in [2.24, 2.45) is 0 Å². The van der Waals surface area contributed by atoms with Crippen LogP contribution in [0.2, 0.25) is 0 Å². The van der Waals surface area contributed by atoms with E-state index in [4.69, 9.17) is 9.26 Å². The summed E-state index contributed by atoms with van der Waals surface area (Å²) in [5.41, 5.74) is 3.05. The second-order valence-electron chi connectivity index (χ2n) is 5.14. The van der Waals surface area contributed by atoms with Crippen LogP contribution < -0.4 is 4.74 Å². The van der Waals surface area contributed by atoms with Gasteiger partial charge in [0.1, 0.15) is 5.75 Å². The lowest BCUT2D eigenvalue weighted by molar-refractivity contribution is 0.368. The number of methoxy groups -OCH3 is 1. The molecule has 22 heavy (non-hydrogen) atoms. The number of aromatic nitrogens is 4. The van der Waals surface area contributed by atoms with Gasteiger partial charge in [0.05, 0.1) is 12.8 Å². The number of nitrogens with zero attached hydrogens (tertiary/aromatic N) is 4. The Kier molecular flexibility index (Phi) is 3.91. The third-order valence-corrected chi connectivity index (χ3v) is 3.46. The van der Waals surface area contributed by atoms with Crippen LogP contribution in [0.25, 0.3) is 11.4 Å². The molecule has 3 aromatic rings. The van der Waals surface area contributed by atoms with Gasteiger partial charge in [-0.05, 0) is 44.2 Å². The van der Waals surface area contributed by atoms with Crippen LogP contribution in [-0.2, 0) is 13.0 Å². The Morgan fingerprint density at radius 1 is 1.18 bits per heavy atom. The van der Waals surface area contributed by atoms with Gasteiger partial charge in [-0.15, -0.1) is 0 Å². The molecule has 0 aliphatic rings. The molecule has 0 aliphatic heterocycles. The highest BCUT2D eigenvalue weighted by molar-refractivity contribution is 5.55. The molecule has 0 radical (unpaired) electrons. The Morgan fingerprint density at radius 3 is 2.59 bits per heavy atom. The van der Waals surface area contributed by atoms with E-state index in [1.165, 1.54) is 0 Å². The van der Waals surface area contributed by atoms with Gasteiger partial charge in [-0.25, -0.2) is 0 Å². The van der Waals surface area contributed by atoms with E-state index >= 15 is 0 Å². The van der Waals surface area contributed by atoms with E-state index in [1.807, 2.05) is 42.8 Å². The van der Waals surface area contributed by atoms with Crippen molar-refractivity contribution >= 4 is 0 Å². The van der Waals surface area contributed by atoms with Crippen LogP contribution in [0.4, 0.5) is 0 Å². The molecule has 2 aromatic heterocycles. The Morgan fingerprint density at radius 2 is 1.95 bits per heavy atom. The maximum atomic E-state index is 5.31. The molecule has 1 aromatic carbocycles. The van der Waals surface area contributed by atoms with E-state index in [-0.39, 0.29) is 0 Å². The molecule has 3 rings (SSSR count). The summed E-state index contributed by atoms with van der Waals surface area (Å²) >= 11 is 0. The molecule has 2 heterocycles. The first-order chi connectivity index (χ1) is 10.7. The number of hydrogen-bond acceptors (Lipinski definition) is 5. The summed E-state index contributed by atoms with van der Waals surface area (Å²) < 4.78 is 12.4. The Labute approximate surface area is 128 Å². The highest BCUT2D eigenvalue weighted by atomic mass is 16.5. The minimum atomic E-state index is 0.589. The first kappa shape index (κ1) is 14.3. The van der Waals surface area contributed by atoms with Gasteiger partial charge in [0.15, 0.2) is 0 Å². The summed E-state index contributed by atoms with van der Waals surface area (Å²) in [6.45, 7) is 4.75. The van der Waals surface area contributed by atoms with E-state index < -0.39 is 0 Å². The summed E-state index contributed by atoms with van der Waals surface area (Å²) in [6, 6.07) is 9.63. The lowest BCUT2D eigenvalue weighted by atomic mass is 10.2. The van der Waals surface area contributed by atoms with Gasteiger partial charge in [0, 0.05) is 24.2 Å². The van der Waals surface area contributed by atoms with E-state index in [0.29, 0.717) is 18.1 Å². The number of ether oxygens (including phenoxy) is 1. The molecule has 0 amide bonds. The molecule has 0 atom stereocenters. The largest absolute Gasteiger partial charge is 0.497 e. The average molecular weight is 298 g/mol. The van der Waals surface area contributed by atoms with Crippen LogP contribution in [-0.4, -0.2) is 27.0 Å².